The van der Waals surface area contributed by atoms with Crippen LogP contribution in [0, 0.1) is 6.92 Å². The summed E-state index contributed by atoms with van der Waals surface area (Å²) >= 11 is 3.53. The van der Waals surface area contributed by atoms with Crippen molar-refractivity contribution in [2.75, 3.05) is 6.54 Å². The molecule has 102 valence electrons. The molecule has 6 heteroatoms. The van der Waals surface area contributed by atoms with Crippen molar-refractivity contribution in [3.63, 3.8) is 0 Å². The molecule has 0 fully saturated rings. The number of nitrogens with two attached hydrogens (primary N) is 1. The highest BCUT2D eigenvalue weighted by atomic mass is 32.7. The molecule has 18 heavy (non-hydrogen) atoms. The van der Waals surface area contributed by atoms with Gasteiger partial charge in [0.1, 0.15) is 6.10 Å². The lowest BCUT2D eigenvalue weighted by Crippen LogP contribution is -2.15. The van der Waals surface area contributed by atoms with E-state index in [1.54, 1.807) is 0 Å². The molecule has 1 aromatic carbocycles. The first-order chi connectivity index (χ1) is 8.24. The van der Waals surface area contributed by atoms with Crippen LogP contribution in [0.4, 0.5) is 0 Å². The van der Waals surface area contributed by atoms with E-state index in [0.717, 1.165) is 16.7 Å². The molecule has 0 aliphatic heterocycles. The van der Waals surface area contributed by atoms with Crippen LogP contribution in [0.2, 0.25) is 0 Å². The van der Waals surface area contributed by atoms with Gasteiger partial charge in [-0.3, -0.25) is 4.52 Å². The largest absolute Gasteiger partial charge is 0.384 e. The minimum Gasteiger partial charge on any atom is -0.328 e. The van der Waals surface area contributed by atoms with Crippen molar-refractivity contribution < 1.29 is 14.0 Å². The number of hydrogen-bond acceptors (Lipinski definition) is 3. The maximum Gasteiger partial charge on any atom is 0.384 e. The summed E-state index contributed by atoms with van der Waals surface area (Å²) in [5.41, 5.74) is 8.58. The maximum absolute atomic E-state index is 11.2. The van der Waals surface area contributed by atoms with Gasteiger partial charge in [0.15, 0.2) is 0 Å². The van der Waals surface area contributed by atoms with Crippen LogP contribution in [-0.2, 0) is 9.09 Å². The van der Waals surface area contributed by atoms with Crippen molar-refractivity contribution in [2.45, 2.75) is 32.8 Å². The minimum atomic E-state index is -3.85. The van der Waals surface area contributed by atoms with Gasteiger partial charge >= 0.3 is 6.80 Å². The van der Waals surface area contributed by atoms with Crippen LogP contribution in [0.15, 0.2) is 18.2 Å². The lowest BCUT2D eigenvalue weighted by molar-refractivity contribution is 0.193. The van der Waals surface area contributed by atoms with Gasteiger partial charge in [0.05, 0.1) is 0 Å². The third-order valence-corrected chi connectivity index (χ3v) is 3.61. The van der Waals surface area contributed by atoms with Gasteiger partial charge in [-0.1, -0.05) is 44.3 Å². The second kappa shape index (κ2) is 6.22. The van der Waals surface area contributed by atoms with Gasteiger partial charge in [-0.05, 0) is 29.5 Å². The lowest BCUT2D eigenvalue weighted by Gasteiger charge is -2.20. The van der Waals surface area contributed by atoms with Gasteiger partial charge in [0, 0.05) is 6.54 Å². The molecular weight excluding hydrogens is 269 g/mol. The minimum absolute atomic E-state index is 0.132. The van der Waals surface area contributed by atoms with Crippen molar-refractivity contribution >= 4 is 19.0 Å². The van der Waals surface area contributed by atoms with Crippen LogP contribution in [0.3, 0.4) is 0 Å². The molecule has 0 amide bonds. The summed E-state index contributed by atoms with van der Waals surface area (Å²) < 4.78 is 16.3. The quantitative estimate of drug-likeness (QED) is 0.575. The van der Waals surface area contributed by atoms with Crippen molar-refractivity contribution in [3.05, 3.63) is 34.9 Å². The molecular formula is C12H20NO3PS. The predicted molar refractivity (Wildman–Crippen MR) is 77.0 cm³/mol. The molecule has 2 unspecified atom stereocenters. The van der Waals surface area contributed by atoms with E-state index in [4.69, 9.17) is 10.3 Å². The molecule has 0 saturated heterocycles. The van der Waals surface area contributed by atoms with Crippen LogP contribution in [0.1, 0.15) is 42.6 Å². The second-order valence-corrected chi connectivity index (χ2v) is 7.30. The Morgan fingerprint density at radius 2 is 2.11 bits per heavy atom. The number of thiol groups is 1. The summed E-state index contributed by atoms with van der Waals surface area (Å²) in [6, 6.07) is 5.98. The summed E-state index contributed by atoms with van der Waals surface area (Å²) in [7, 11) is 0. The Bertz CT molecular complexity index is 459. The Morgan fingerprint density at radius 1 is 1.50 bits per heavy atom. The zero-order chi connectivity index (χ0) is 13.9. The fourth-order valence-corrected chi connectivity index (χ4v) is 2.63. The maximum atomic E-state index is 11.2. The summed E-state index contributed by atoms with van der Waals surface area (Å²) in [4.78, 5) is 9.19. The van der Waals surface area contributed by atoms with E-state index in [0.29, 0.717) is 5.92 Å². The van der Waals surface area contributed by atoms with Crippen molar-refractivity contribution in [1.29, 1.82) is 0 Å². The number of hydrogen-bond donors (Lipinski definition) is 3. The first-order valence-electron chi connectivity index (χ1n) is 5.79. The summed E-state index contributed by atoms with van der Waals surface area (Å²) in [6.45, 7) is 2.38. The van der Waals surface area contributed by atoms with Gasteiger partial charge in [-0.15, -0.1) is 0 Å². The standard InChI is InChI=1S/C12H20NO3PS/c1-8(2)10-5-4-9(3)11(6-10)12(7-13)16-17(14,15)18/h4-6,8,12H,7,13H2,1-3H3,(H2,14,15,18). The molecule has 0 aliphatic rings. The first kappa shape index (κ1) is 15.7. The number of rotatable bonds is 5. The van der Waals surface area contributed by atoms with Gasteiger partial charge in [0.25, 0.3) is 0 Å². The van der Waals surface area contributed by atoms with E-state index in [1.807, 2.05) is 25.1 Å². The van der Waals surface area contributed by atoms with Gasteiger partial charge < -0.3 is 10.6 Å². The van der Waals surface area contributed by atoms with E-state index >= 15 is 0 Å². The second-order valence-electron chi connectivity index (χ2n) is 4.59. The molecule has 0 aliphatic carbocycles. The Morgan fingerprint density at radius 3 is 2.56 bits per heavy atom. The van der Waals surface area contributed by atoms with Gasteiger partial charge in [0.2, 0.25) is 0 Å². The third-order valence-electron chi connectivity index (χ3n) is 2.80. The van der Waals surface area contributed by atoms with Crippen molar-refractivity contribution in [2.24, 2.45) is 5.73 Å². The summed E-state index contributed by atoms with van der Waals surface area (Å²) in [5, 5.41) is 0. The van der Waals surface area contributed by atoms with Crippen LogP contribution in [-0.4, -0.2) is 11.4 Å². The average Bonchev–Trinajstić information content (AvgIpc) is 2.25. The smallest absolute Gasteiger partial charge is 0.328 e. The molecule has 4 nitrogen and oxygen atoms in total. The first-order valence-corrected chi connectivity index (χ1v) is 8.52. The molecule has 0 saturated carbocycles. The fourth-order valence-electron chi connectivity index (χ4n) is 1.76. The van der Waals surface area contributed by atoms with E-state index in [-0.39, 0.29) is 6.54 Å². The Balaban J connectivity index is 3.12. The van der Waals surface area contributed by atoms with Crippen LogP contribution < -0.4 is 5.73 Å². The highest BCUT2D eigenvalue weighted by Gasteiger charge is 2.22. The van der Waals surface area contributed by atoms with Gasteiger partial charge in [-0.2, -0.15) is 0 Å². The predicted octanol–water partition coefficient (Wildman–Crippen LogP) is 3.17. The molecule has 0 heterocycles. The molecule has 1 rings (SSSR count). The van der Waals surface area contributed by atoms with Crippen molar-refractivity contribution in [1.82, 2.24) is 0 Å². The van der Waals surface area contributed by atoms with Crippen molar-refractivity contribution in [3.8, 4) is 0 Å². The average molecular weight is 289 g/mol. The Kier molecular flexibility index (Phi) is 5.44. The van der Waals surface area contributed by atoms with Crippen LogP contribution >= 0.6 is 19.0 Å². The van der Waals surface area contributed by atoms with E-state index in [9.17, 15) is 9.46 Å². The zero-order valence-electron chi connectivity index (χ0n) is 10.8. The highest BCUT2D eigenvalue weighted by molar-refractivity contribution is 8.44. The molecule has 1 aromatic rings. The van der Waals surface area contributed by atoms with E-state index in [1.165, 1.54) is 0 Å². The monoisotopic (exact) mass is 289 g/mol. The molecule has 2 atom stereocenters. The summed E-state index contributed by atoms with van der Waals surface area (Å²) in [6.07, 6.45) is -0.614. The van der Waals surface area contributed by atoms with Crippen LogP contribution in [0.5, 0.6) is 0 Å². The Hall–Kier alpha value is -0.320. The fraction of sp³-hybridized carbons (Fsp3) is 0.500. The molecule has 0 aromatic heterocycles. The molecule has 3 N–H and O–H groups in total. The lowest BCUT2D eigenvalue weighted by atomic mass is 9.95. The molecule has 0 spiro atoms. The molecule has 0 bridgehead atoms. The topological polar surface area (TPSA) is 72.5 Å². The van der Waals surface area contributed by atoms with E-state index < -0.39 is 12.9 Å². The van der Waals surface area contributed by atoms with Gasteiger partial charge in [-0.25, -0.2) is 4.57 Å². The van der Waals surface area contributed by atoms with Crippen LogP contribution in [0.25, 0.3) is 0 Å². The summed E-state index contributed by atoms with van der Waals surface area (Å²) in [5.74, 6) is 0.375. The zero-order valence-corrected chi connectivity index (χ0v) is 12.6. The molecule has 0 radical (unpaired) electrons. The van der Waals surface area contributed by atoms with E-state index in [2.05, 4.69) is 26.1 Å². The number of aryl methyl sites for hydroxylation is 1. The number of benzene rings is 1. The Labute approximate surface area is 113 Å². The SMILES string of the molecule is Cc1ccc(C(C)C)cc1C(CN)OP(=O)(O)S. The highest BCUT2D eigenvalue weighted by Crippen LogP contribution is 2.51. The normalized spacial score (nSPS) is 16.6. The third kappa shape index (κ3) is 4.41.